The molecule has 29 heavy (non-hydrogen) atoms. The van der Waals surface area contributed by atoms with Crippen LogP contribution in [0.1, 0.15) is 25.3 Å². The molecule has 0 N–H and O–H groups in total. The Hall–Kier alpha value is -3.24. The minimum Gasteiger partial charge on any atom is -0.492 e. The number of nitro groups is 1. The molecule has 0 aromatic heterocycles. The maximum atomic E-state index is 12.6. The fourth-order valence-corrected chi connectivity index (χ4v) is 3.12. The molecule has 0 saturated carbocycles. The van der Waals surface area contributed by atoms with E-state index in [4.69, 9.17) is 28.4 Å². The fraction of sp³-hybridized carbons (Fsp3) is 0.556. The van der Waals surface area contributed by atoms with Gasteiger partial charge in [0.15, 0.2) is 17.4 Å². The maximum absolute atomic E-state index is 12.6. The van der Waals surface area contributed by atoms with Gasteiger partial charge in [-0.05, 0) is 19.9 Å². The Labute approximate surface area is 166 Å². The highest BCUT2D eigenvalue weighted by Crippen LogP contribution is 2.51. The Morgan fingerprint density at radius 2 is 1.69 bits per heavy atom. The third kappa shape index (κ3) is 4.61. The van der Waals surface area contributed by atoms with Crippen LogP contribution < -0.4 is 18.9 Å². The van der Waals surface area contributed by atoms with Gasteiger partial charge in [-0.15, -0.1) is 0 Å². The highest BCUT2D eigenvalue weighted by atomic mass is 16.7. The molecule has 1 aromatic carbocycles. The number of esters is 2. The van der Waals surface area contributed by atoms with Crippen LogP contribution in [0.5, 0.6) is 23.0 Å². The number of carbonyl (C=O) groups excluding carboxylic acids is 2. The van der Waals surface area contributed by atoms with Crippen molar-refractivity contribution in [1.29, 1.82) is 0 Å². The van der Waals surface area contributed by atoms with E-state index in [1.807, 2.05) is 0 Å². The van der Waals surface area contributed by atoms with Crippen molar-refractivity contribution < 1.29 is 42.9 Å². The van der Waals surface area contributed by atoms with Crippen LogP contribution >= 0.6 is 0 Å². The van der Waals surface area contributed by atoms with E-state index in [1.54, 1.807) is 13.8 Å². The van der Waals surface area contributed by atoms with Crippen LogP contribution in [-0.4, -0.2) is 57.6 Å². The van der Waals surface area contributed by atoms with E-state index < -0.39 is 35.2 Å². The predicted molar refractivity (Wildman–Crippen MR) is 97.0 cm³/mol. The quantitative estimate of drug-likeness (QED) is 0.241. The average molecular weight is 413 g/mol. The molecule has 1 atom stereocenters. The lowest BCUT2D eigenvalue weighted by molar-refractivity contribution is -0.484. The normalized spacial score (nSPS) is 13.0. The summed E-state index contributed by atoms with van der Waals surface area (Å²) < 4.78 is 31.5. The lowest BCUT2D eigenvalue weighted by Gasteiger charge is -2.24. The molecule has 0 bridgehead atoms. The summed E-state index contributed by atoms with van der Waals surface area (Å²) in [6, 6.07) is 1.43. The first-order chi connectivity index (χ1) is 13.9. The van der Waals surface area contributed by atoms with Crippen LogP contribution in [-0.2, 0) is 19.1 Å². The lowest BCUT2D eigenvalue weighted by atomic mass is 9.84. The van der Waals surface area contributed by atoms with E-state index in [0.29, 0.717) is 0 Å². The van der Waals surface area contributed by atoms with E-state index in [-0.39, 0.29) is 48.6 Å². The first-order valence-electron chi connectivity index (χ1n) is 8.88. The summed E-state index contributed by atoms with van der Waals surface area (Å²) in [6.45, 7) is 2.25. The summed E-state index contributed by atoms with van der Waals surface area (Å²) in [6.07, 6.45) is 0. The van der Waals surface area contributed by atoms with Gasteiger partial charge in [0.1, 0.15) is 0 Å². The van der Waals surface area contributed by atoms with E-state index in [0.717, 1.165) is 0 Å². The summed E-state index contributed by atoms with van der Waals surface area (Å²) in [7, 11) is 2.69. The summed E-state index contributed by atoms with van der Waals surface area (Å²) in [5, 5.41) is 11.4. The molecule has 1 aromatic rings. The molecule has 0 unspecified atom stereocenters. The zero-order valence-corrected chi connectivity index (χ0v) is 16.6. The van der Waals surface area contributed by atoms with E-state index in [1.165, 1.54) is 20.3 Å². The van der Waals surface area contributed by atoms with Gasteiger partial charge in [0.2, 0.25) is 24.8 Å². The SMILES string of the molecule is CCOC(=O)C(C(=O)OCC)[C@@H](C[N+](=O)[O-])c1cc2c(c(OC)c1OC)OCO2. The zero-order chi connectivity index (χ0) is 21.6. The van der Waals surface area contributed by atoms with Gasteiger partial charge >= 0.3 is 11.9 Å². The standard InChI is InChI=1S/C18H23NO10/c1-5-26-17(20)13(18(21)27-6-2)11(8-19(22)23)10-7-12-15(29-9-28-12)16(25-4)14(10)24-3/h7,11,13H,5-6,8-9H2,1-4H3/t11-/m0/s1. The Balaban J connectivity index is 2.68. The molecule has 1 heterocycles. The summed E-state index contributed by atoms with van der Waals surface area (Å²) in [5.41, 5.74) is 0.163. The van der Waals surface area contributed by atoms with E-state index in [2.05, 4.69) is 0 Å². The van der Waals surface area contributed by atoms with Gasteiger partial charge in [-0.3, -0.25) is 19.7 Å². The molecular weight excluding hydrogens is 390 g/mol. The molecule has 1 aliphatic rings. The molecule has 11 nitrogen and oxygen atoms in total. The Bertz CT molecular complexity index is 760. The molecule has 160 valence electrons. The Kier molecular flexibility index (Phi) is 7.46. The van der Waals surface area contributed by atoms with Crippen molar-refractivity contribution in [2.45, 2.75) is 19.8 Å². The van der Waals surface area contributed by atoms with Crippen LogP contribution in [0.4, 0.5) is 0 Å². The Morgan fingerprint density at radius 3 is 2.17 bits per heavy atom. The highest BCUT2D eigenvalue weighted by molar-refractivity contribution is 5.96. The first kappa shape index (κ1) is 22.1. The van der Waals surface area contributed by atoms with Crippen molar-refractivity contribution in [1.82, 2.24) is 0 Å². The van der Waals surface area contributed by atoms with Gasteiger partial charge in [-0.2, -0.15) is 0 Å². The first-order valence-corrected chi connectivity index (χ1v) is 8.88. The molecule has 11 heteroatoms. The number of rotatable bonds is 10. The number of methoxy groups -OCH3 is 2. The topological polar surface area (TPSA) is 133 Å². The second-order valence-electron chi connectivity index (χ2n) is 5.87. The van der Waals surface area contributed by atoms with Crippen LogP contribution in [0.3, 0.4) is 0 Å². The van der Waals surface area contributed by atoms with Crippen molar-refractivity contribution in [3.05, 3.63) is 21.7 Å². The number of carbonyl (C=O) groups is 2. The van der Waals surface area contributed by atoms with E-state index in [9.17, 15) is 19.7 Å². The molecule has 0 amide bonds. The number of ether oxygens (including phenoxy) is 6. The third-order valence-corrected chi connectivity index (χ3v) is 4.24. The molecule has 0 spiro atoms. The van der Waals surface area contributed by atoms with Crippen molar-refractivity contribution >= 4 is 11.9 Å². The van der Waals surface area contributed by atoms with Crippen LogP contribution in [0.25, 0.3) is 0 Å². The van der Waals surface area contributed by atoms with Gasteiger partial charge < -0.3 is 28.4 Å². The number of nitrogens with zero attached hydrogens (tertiary/aromatic N) is 1. The van der Waals surface area contributed by atoms with Crippen molar-refractivity contribution in [2.75, 3.05) is 40.8 Å². The molecular formula is C18H23NO10. The number of hydrogen-bond donors (Lipinski definition) is 0. The van der Waals surface area contributed by atoms with Gasteiger partial charge in [0, 0.05) is 10.5 Å². The second-order valence-corrected chi connectivity index (χ2v) is 5.87. The monoisotopic (exact) mass is 413 g/mol. The minimum atomic E-state index is -1.58. The van der Waals surface area contributed by atoms with Crippen molar-refractivity contribution in [3.8, 4) is 23.0 Å². The zero-order valence-electron chi connectivity index (χ0n) is 16.6. The maximum Gasteiger partial charge on any atom is 0.321 e. The Morgan fingerprint density at radius 1 is 1.10 bits per heavy atom. The van der Waals surface area contributed by atoms with Gasteiger partial charge in [0.25, 0.3) is 0 Å². The molecule has 0 saturated heterocycles. The van der Waals surface area contributed by atoms with Crippen molar-refractivity contribution in [3.63, 3.8) is 0 Å². The van der Waals surface area contributed by atoms with Gasteiger partial charge in [0.05, 0.1) is 33.4 Å². The third-order valence-electron chi connectivity index (χ3n) is 4.24. The smallest absolute Gasteiger partial charge is 0.321 e. The van der Waals surface area contributed by atoms with E-state index >= 15 is 0 Å². The fourth-order valence-electron chi connectivity index (χ4n) is 3.12. The number of fused-ring (bicyclic) bond motifs is 1. The highest BCUT2D eigenvalue weighted by Gasteiger charge is 2.44. The molecule has 2 rings (SSSR count). The van der Waals surface area contributed by atoms with Gasteiger partial charge in [-0.25, -0.2) is 0 Å². The summed E-state index contributed by atoms with van der Waals surface area (Å²) in [4.78, 5) is 35.9. The molecule has 0 radical (unpaired) electrons. The summed E-state index contributed by atoms with van der Waals surface area (Å²) in [5.74, 6) is -3.98. The number of hydrogen-bond acceptors (Lipinski definition) is 10. The van der Waals surface area contributed by atoms with Crippen LogP contribution in [0, 0.1) is 16.0 Å². The van der Waals surface area contributed by atoms with Crippen molar-refractivity contribution in [2.24, 2.45) is 5.92 Å². The van der Waals surface area contributed by atoms with Crippen LogP contribution in [0.15, 0.2) is 6.07 Å². The molecule has 1 aliphatic heterocycles. The minimum absolute atomic E-state index is 0.0124. The van der Waals surface area contributed by atoms with Crippen LogP contribution in [0.2, 0.25) is 0 Å². The summed E-state index contributed by atoms with van der Waals surface area (Å²) >= 11 is 0. The predicted octanol–water partition coefficient (Wildman–Crippen LogP) is 1.54. The molecule has 0 fully saturated rings. The largest absolute Gasteiger partial charge is 0.492 e. The lowest BCUT2D eigenvalue weighted by Crippen LogP contribution is -2.36. The average Bonchev–Trinajstić information content (AvgIpc) is 3.14. The van der Waals surface area contributed by atoms with Gasteiger partial charge in [-0.1, -0.05) is 0 Å². The second kappa shape index (κ2) is 9.80. The molecule has 0 aliphatic carbocycles. The number of benzene rings is 1.